The summed E-state index contributed by atoms with van der Waals surface area (Å²) in [6, 6.07) is 24.5. The van der Waals surface area contributed by atoms with Gasteiger partial charge in [0.2, 0.25) is 5.91 Å². The Morgan fingerprint density at radius 1 is 0.971 bits per heavy atom. The van der Waals surface area contributed by atoms with Crippen LogP contribution in [0.4, 0.5) is 10.1 Å². The molecule has 34 heavy (non-hydrogen) atoms. The summed E-state index contributed by atoms with van der Waals surface area (Å²) in [5.41, 5.74) is 1.23. The highest BCUT2D eigenvalue weighted by Crippen LogP contribution is 2.25. The van der Waals surface area contributed by atoms with Crippen molar-refractivity contribution in [1.82, 2.24) is 9.55 Å². The van der Waals surface area contributed by atoms with E-state index >= 15 is 0 Å². The van der Waals surface area contributed by atoms with E-state index in [1.54, 1.807) is 24.3 Å². The zero-order chi connectivity index (χ0) is 23.7. The molecule has 0 saturated heterocycles. The van der Waals surface area contributed by atoms with Crippen molar-refractivity contribution in [3.8, 4) is 5.69 Å². The third-order valence-corrected chi connectivity index (χ3v) is 6.50. The Balaban J connectivity index is 1.45. The molecular formula is C26H17ClFN3O2S. The number of nitrogens with one attached hydrogen (secondary N) is 1. The Morgan fingerprint density at radius 3 is 2.56 bits per heavy atom. The molecular weight excluding hydrogens is 473 g/mol. The van der Waals surface area contributed by atoms with Crippen molar-refractivity contribution in [1.29, 1.82) is 0 Å². The highest BCUT2D eigenvalue weighted by Gasteiger charge is 2.16. The number of fused-ring (bicyclic) bond motifs is 2. The van der Waals surface area contributed by atoms with Crippen molar-refractivity contribution >= 4 is 56.6 Å². The average Bonchev–Trinajstić information content (AvgIpc) is 2.85. The lowest BCUT2D eigenvalue weighted by molar-refractivity contribution is -0.113. The monoisotopic (exact) mass is 489 g/mol. The maximum atomic E-state index is 13.7. The van der Waals surface area contributed by atoms with Crippen LogP contribution in [0.25, 0.3) is 27.4 Å². The SMILES string of the molecule is O=C(CSc1nc2ccccc2c(=O)n1-c1ccc(F)c(Cl)c1)Nc1ccc2ccccc2c1. The Kier molecular flexibility index (Phi) is 6.04. The zero-order valence-electron chi connectivity index (χ0n) is 17.7. The molecule has 168 valence electrons. The summed E-state index contributed by atoms with van der Waals surface area (Å²) in [6.07, 6.45) is 0. The quantitative estimate of drug-likeness (QED) is 0.241. The number of thioether (sulfide) groups is 1. The lowest BCUT2D eigenvalue weighted by Gasteiger charge is -2.14. The highest BCUT2D eigenvalue weighted by molar-refractivity contribution is 7.99. The number of carbonyl (C=O) groups excluding carboxylic acids is 1. The molecule has 0 radical (unpaired) electrons. The lowest BCUT2D eigenvalue weighted by Crippen LogP contribution is -2.23. The van der Waals surface area contributed by atoms with Gasteiger partial charge in [-0.05, 0) is 53.2 Å². The summed E-state index contributed by atoms with van der Waals surface area (Å²) in [5, 5.41) is 5.59. The molecule has 5 aromatic rings. The van der Waals surface area contributed by atoms with Crippen molar-refractivity contribution in [3.63, 3.8) is 0 Å². The molecule has 0 bridgehead atoms. The van der Waals surface area contributed by atoms with E-state index in [1.165, 1.54) is 22.8 Å². The molecule has 0 atom stereocenters. The predicted octanol–water partition coefficient (Wildman–Crippen LogP) is 6.06. The van der Waals surface area contributed by atoms with Crippen LogP contribution in [0.15, 0.2) is 94.9 Å². The van der Waals surface area contributed by atoms with Crippen molar-refractivity contribution < 1.29 is 9.18 Å². The number of carbonyl (C=O) groups is 1. The van der Waals surface area contributed by atoms with Crippen molar-refractivity contribution in [2.75, 3.05) is 11.1 Å². The number of nitrogens with zero attached hydrogens (tertiary/aromatic N) is 2. The number of halogens is 2. The highest BCUT2D eigenvalue weighted by atomic mass is 35.5. The Labute approximate surface area is 203 Å². The summed E-state index contributed by atoms with van der Waals surface area (Å²) in [5.74, 6) is -0.811. The van der Waals surface area contributed by atoms with E-state index in [-0.39, 0.29) is 22.2 Å². The molecule has 1 N–H and O–H groups in total. The maximum Gasteiger partial charge on any atom is 0.266 e. The number of hydrogen-bond acceptors (Lipinski definition) is 4. The van der Waals surface area contributed by atoms with Gasteiger partial charge in [0.15, 0.2) is 5.16 Å². The van der Waals surface area contributed by atoms with Crippen LogP contribution in [0.5, 0.6) is 0 Å². The van der Waals surface area contributed by atoms with Gasteiger partial charge in [0.05, 0.1) is 27.4 Å². The first-order chi connectivity index (χ1) is 16.5. The maximum absolute atomic E-state index is 13.7. The number of benzene rings is 4. The third kappa shape index (κ3) is 4.40. The summed E-state index contributed by atoms with van der Waals surface area (Å²) < 4.78 is 15.1. The van der Waals surface area contributed by atoms with Gasteiger partial charge in [-0.15, -0.1) is 0 Å². The van der Waals surface area contributed by atoms with Gasteiger partial charge in [-0.2, -0.15) is 0 Å². The number of anilines is 1. The van der Waals surface area contributed by atoms with Gasteiger partial charge in [-0.1, -0.05) is 65.8 Å². The second kappa shape index (κ2) is 9.29. The number of amides is 1. The molecule has 0 saturated carbocycles. The minimum atomic E-state index is -0.587. The fourth-order valence-electron chi connectivity index (χ4n) is 3.66. The number of para-hydroxylation sites is 1. The molecule has 1 aromatic heterocycles. The second-order valence-electron chi connectivity index (χ2n) is 7.55. The standard InChI is InChI=1S/C26H17ClFN3O2S/c27-21-14-19(11-12-22(21)28)31-25(33)20-7-3-4-8-23(20)30-26(31)34-15-24(32)29-18-10-9-16-5-1-2-6-17(16)13-18/h1-14H,15H2,(H,29,32). The van der Waals surface area contributed by atoms with Crippen LogP contribution in [-0.2, 0) is 4.79 Å². The van der Waals surface area contributed by atoms with E-state index in [4.69, 9.17) is 11.6 Å². The van der Waals surface area contributed by atoms with Crippen molar-refractivity contribution in [2.45, 2.75) is 5.16 Å². The molecule has 8 heteroatoms. The molecule has 4 aromatic carbocycles. The van der Waals surface area contributed by atoms with Crippen molar-refractivity contribution in [2.24, 2.45) is 0 Å². The van der Waals surface area contributed by atoms with E-state index in [9.17, 15) is 14.0 Å². The van der Waals surface area contributed by atoms with E-state index in [2.05, 4.69) is 10.3 Å². The summed E-state index contributed by atoms with van der Waals surface area (Å²) in [4.78, 5) is 30.6. The molecule has 0 fully saturated rings. The van der Waals surface area contributed by atoms with Crippen LogP contribution >= 0.6 is 23.4 Å². The van der Waals surface area contributed by atoms with E-state index in [0.29, 0.717) is 27.4 Å². The first-order valence-corrected chi connectivity index (χ1v) is 11.7. The van der Waals surface area contributed by atoms with Gasteiger partial charge in [-0.3, -0.25) is 14.2 Å². The molecule has 0 unspecified atom stereocenters. The molecule has 5 nitrogen and oxygen atoms in total. The van der Waals surface area contributed by atoms with Crippen LogP contribution in [-0.4, -0.2) is 21.2 Å². The third-order valence-electron chi connectivity index (χ3n) is 5.27. The summed E-state index contributed by atoms with van der Waals surface area (Å²) >= 11 is 7.08. The Hall–Kier alpha value is -3.68. The molecule has 0 aliphatic rings. The van der Waals surface area contributed by atoms with E-state index in [1.807, 2.05) is 42.5 Å². The van der Waals surface area contributed by atoms with Gasteiger partial charge in [0.1, 0.15) is 5.82 Å². The van der Waals surface area contributed by atoms with Gasteiger partial charge < -0.3 is 5.32 Å². The smallest absolute Gasteiger partial charge is 0.266 e. The minimum absolute atomic E-state index is 0.0204. The Morgan fingerprint density at radius 2 is 1.74 bits per heavy atom. The molecule has 0 aliphatic carbocycles. The van der Waals surface area contributed by atoms with Crippen LogP contribution in [0.2, 0.25) is 5.02 Å². The predicted molar refractivity (Wildman–Crippen MR) is 136 cm³/mol. The second-order valence-corrected chi connectivity index (χ2v) is 8.90. The largest absolute Gasteiger partial charge is 0.325 e. The normalized spacial score (nSPS) is 11.1. The lowest BCUT2D eigenvalue weighted by atomic mass is 10.1. The van der Waals surface area contributed by atoms with Crippen LogP contribution in [0.1, 0.15) is 0 Å². The van der Waals surface area contributed by atoms with Crippen LogP contribution in [0, 0.1) is 5.82 Å². The summed E-state index contributed by atoms with van der Waals surface area (Å²) in [7, 11) is 0. The van der Waals surface area contributed by atoms with Gasteiger partial charge in [0, 0.05) is 5.69 Å². The first-order valence-electron chi connectivity index (χ1n) is 10.4. The molecule has 1 amide bonds. The fraction of sp³-hybridized carbons (Fsp3) is 0.0385. The molecule has 1 heterocycles. The van der Waals surface area contributed by atoms with E-state index in [0.717, 1.165) is 22.5 Å². The van der Waals surface area contributed by atoms with Crippen LogP contribution in [0.3, 0.4) is 0 Å². The van der Waals surface area contributed by atoms with Crippen LogP contribution < -0.4 is 10.9 Å². The molecule has 0 spiro atoms. The van der Waals surface area contributed by atoms with Crippen molar-refractivity contribution in [3.05, 3.63) is 106 Å². The summed E-state index contributed by atoms with van der Waals surface area (Å²) in [6.45, 7) is 0. The van der Waals surface area contributed by atoms with Gasteiger partial charge in [0.25, 0.3) is 5.56 Å². The fourth-order valence-corrected chi connectivity index (χ4v) is 4.64. The number of aromatic nitrogens is 2. The molecule has 5 rings (SSSR count). The Bertz CT molecular complexity index is 1620. The average molecular weight is 490 g/mol. The van der Waals surface area contributed by atoms with Gasteiger partial charge >= 0.3 is 0 Å². The zero-order valence-corrected chi connectivity index (χ0v) is 19.2. The van der Waals surface area contributed by atoms with Gasteiger partial charge in [-0.25, -0.2) is 9.37 Å². The minimum Gasteiger partial charge on any atom is -0.325 e. The number of rotatable bonds is 5. The van der Waals surface area contributed by atoms with E-state index < -0.39 is 5.82 Å². The molecule has 0 aliphatic heterocycles. The first kappa shape index (κ1) is 22.1. The topological polar surface area (TPSA) is 64.0 Å². The number of hydrogen-bond donors (Lipinski definition) is 1.